The van der Waals surface area contributed by atoms with E-state index in [-0.39, 0.29) is 6.03 Å². The van der Waals surface area contributed by atoms with E-state index in [1.165, 1.54) is 0 Å². The second-order valence-electron chi connectivity index (χ2n) is 6.22. The molecule has 0 saturated heterocycles. The number of benzene rings is 1. The van der Waals surface area contributed by atoms with Gasteiger partial charge < -0.3 is 30.3 Å². The highest BCUT2D eigenvalue weighted by Gasteiger charge is 2.12. The van der Waals surface area contributed by atoms with Crippen LogP contribution < -0.4 is 30.3 Å². The molecule has 2 heterocycles. The van der Waals surface area contributed by atoms with Gasteiger partial charge in [-0.3, -0.25) is 0 Å². The van der Waals surface area contributed by atoms with Crippen molar-refractivity contribution in [3.63, 3.8) is 0 Å². The summed E-state index contributed by atoms with van der Waals surface area (Å²) < 4.78 is 11.0. The Morgan fingerprint density at radius 3 is 2.67 bits per heavy atom. The van der Waals surface area contributed by atoms with Crippen molar-refractivity contribution in [1.29, 1.82) is 0 Å². The number of aromatic nitrogens is 2. The predicted octanol–water partition coefficient (Wildman–Crippen LogP) is 1.86. The summed E-state index contributed by atoms with van der Waals surface area (Å²) in [4.78, 5) is 22.6. The largest absolute Gasteiger partial charge is 0.486 e. The Morgan fingerprint density at radius 2 is 1.89 bits per heavy atom. The summed E-state index contributed by atoms with van der Waals surface area (Å²) in [5, 5.41) is 8.76. The number of urea groups is 1. The Kier molecular flexibility index (Phi) is 5.80. The van der Waals surface area contributed by atoms with Crippen molar-refractivity contribution in [3.8, 4) is 11.5 Å². The third-order valence-corrected chi connectivity index (χ3v) is 3.80. The number of nitrogens with zero attached hydrogens (tertiary/aromatic N) is 3. The molecule has 0 radical (unpaired) electrons. The minimum Gasteiger partial charge on any atom is -0.486 e. The summed E-state index contributed by atoms with van der Waals surface area (Å²) in [6.45, 7) is 3.87. The lowest BCUT2D eigenvalue weighted by atomic mass is 10.2. The average Bonchev–Trinajstić information content (AvgIpc) is 2.64. The summed E-state index contributed by atoms with van der Waals surface area (Å²) in [6.07, 6.45) is 0. The van der Waals surface area contributed by atoms with Crippen LogP contribution in [0.15, 0.2) is 24.3 Å². The molecule has 2 aromatic rings. The van der Waals surface area contributed by atoms with Crippen molar-refractivity contribution in [1.82, 2.24) is 15.3 Å². The number of carbonyl (C=O) groups is 1. The van der Waals surface area contributed by atoms with E-state index in [1.807, 2.05) is 32.0 Å². The number of nitrogens with one attached hydrogen (secondary N) is 3. The second kappa shape index (κ2) is 8.43. The van der Waals surface area contributed by atoms with E-state index >= 15 is 0 Å². The Labute approximate surface area is 158 Å². The van der Waals surface area contributed by atoms with Crippen LogP contribution in [0.3, 0.4) is 0 Å². The molecular weight excluding hydrogens is 348 g/mol. The van der Waals surface area contributed by atoms with E-state index in [2.05, 4.69) is 25.9 Å². The molecule has 0 atom stereocenters. The molecule has 0 bridgehead atoms. The van der Waals surface area contributed by atoms with Crippen LogP contribution in [0.4, 0.5) is 22.1 Å². The van der Waals surface area contributed by atoms with Crippen molar-refractivity contribution in [2.75, 3.05) is 55.9 Å². The standard InChI is InChI=1S/C18H24N6O3/c1-12-21-16(11-17(22-12)24(2)3)19-6-7-20-18(25)23-13-4-5-14-15(10-13)27-9-8-26-14/h4-5,10-11H,6-9H2,1-3H3,(H,19,21,22)(H2,20,23,25). The molecule has 0 aliphatic carbocycles. The minimum absolute atomic E-state index is 0.290. The molecule has 9 heteroatoms. The molecule has 27 heavy (non-hydrogen) atoms. The molecule has 2 amide bonds. The highest BCUT2D eigenvalue weighted by atomic mass is 16.6. The smallest absolute Gasteiger partial charge is 0.319 e. The van der Waals surface area contributed by atoms with Crippen LogP contribution in [0.2, 0.25) is 0 Å². The zero-order chi connectivity index (χ0) is 19.2. The number of hydrogen-bond acceptors (Lipinski definition) is 7. The van der Waals surface area contributed by atoms with E-state index in [0.29, 0.717) is 49.3 Å². The molecular formula is C18H24N6O3. The van der Waals surface area contributed by atoms with Crippen molar-refractivity contribution in [3.05, 3.63) is 30.1 Å². The number of ether oxygens (including phenoxy) is 2. The van der Waals surface area contributed by atoms with Gasteiger partial charge in [-0.05, 0) is 19.1 Å². The van der Waals surface area contributed by atoms with Gasteiger partial charge in [0.2, 0.25) is 0 Å². The lowest BCUT2D eigenvalue weighted by Gasteiger charge is -2.19. The van der Waals surface area contributed by atoms with Gasteiger partial charge in [0.05, 0.1) is 0 Å². The number of fused-ring (bicyclic) bond motifs is 1. The van der Waals surface area contributed by atoms with Crippen LogP contribution >= 0.6 is 0 Å². The lowest BCUT2D eigenvalue weighted by molar-refractivity contribution is 0.171. The van der Waals surface area contributed by atoms with E-state index in [4.69, 9.17) is 9.47 Å². The molecule has 0 spiro atoms. The van der Waals surface area contributed by atoms with Gasteiger partial charge in [-0.15, -0.1) is 0 Å². The molecule has 1 aliphatic rings. The first-order valence-electron chi connectivity index (χ1n) is 8.72. The number of amides is 2. The predicted molar refractivity (Wildman–Crippen MR) is 104 cm³/mol. The highest BCUT2D eigenvalue weighted by Crippen LogP contribution is 2.32. The first-order chi connectivity index (χ1) is 13.0. The fraction of sp³-hybridized carbons (Fsp3) is 0.389. The maximum absolute atomic E-state index is 12.0. The van der Waals surface area contributed by atoms with Crippen molar-refractivity contribution < 1.29 is 14.3 Å². The van der Waals surface area contributed by atoms with Crippen molar-refractivity contribution >= 4 is 23.4 Å². The lowest BCUT2D eigenvalue weighted by Crippen LogP contribution is -2.32. The molecule has 144 valence electrons. The third kappa shape index (κ3) is 5.13. The molecule has 1 aromatic carbocycles. The topological polar surface area (TPSA) is 101 Å². The van der Waals surface area contributed by atoms with Crippen LogP contribution in [0.1, 0.15) is 5.82 Å². The molecule has 1 aliphatic heterocycles. The van der Waals surface area contributed by atoms with Gasteiger partial charge in [0, 0.05) is 45.0 Å². The minimum atomic E-state index is -0.290. The fourth-order valence-corrected chi connectivity index (χ4v) is 2.53. The molecule has 0 saturated carbocycles. The number of anilines is 3. The van der Waals surface area contributed by atoms with E-state index < -0.39 is 0 Å². The zero-order valence-corrected chi connectivity index (χ0v) is 15.7. The normalized spacial score (nSPS) is 12.3. The molecule has 3 rings (SSSR count). The van der Waals surface area contributed by atoms with Crippen LogP contribution in [0.5, 0.6) is 11.5 Å². The molecule has 3 N–H and O–H groups in total. The Balaban J connectivity index is 1.45. The molecule has 9 nitrogen and oxygen atoms in total. The van der Waals surface area contributed by atoms with Crippen molar-refractivity contribution in [2.45, 2.75) is 6.92 Å². The van der Waals surface area contributed by atoms with E-state index in [1.54, 1.807) is 18.2 Å². The first-order valence-corrected chi connectivity index (χ1v) is 8.72. The maximum atomic E-state index is 12.0. The van der Waals surface area contributed by atoms with Gasteiger partial charge in [0.1, 0.15) is 30.7 Å². The summed E-state index contributed by atoms with van der Waals surface area (Å²) in [7, 11) is 3.85. The zero-order valence-electron chi connectivity index (χ0n) is 15.7. The van der Waals surface area contributed by atoms with Crippen LogP contribution in [0, 0.1) is 6.92 Å². The Bertz CT molecular complexity index is 812. The van der Waals surface area contributed by atoms with Gasteiger partial charge in [-0.1, -0.05) is 0 Å². The summed E-state index contributed by atoms with van der Waals surface area (Å²) in [5.74, 6) is 3.56. The van der Waals surface area contributed by atoms with Gasteiger partial charge in [0.25, 0.3) is 0 Å². The fourth-order valence-electron chi connectivity index (χ4n) is 2.53. The number of hydrogen-bond donors (Lipinski definition) is 3. The Hall–Kier alpha value is -3.23. The van der Waals surface area contributed by atoms with Crippen LogP contribution in [-0.2, 0) is 0 Å². The average molecular weight is 372 g/mol. The van der Waals surface area contributed by atoms with Gasteiger partial charge >= 0.3 is 6.03 Å². The van der Waals surface area contributed by atoms with Gasteiger partial charge in [-0.25, -0.2) is 14.8 Å². The van der Waals surface area contributed by atoms with Crippen LogP contribution in [0.25, 0.3) is 0 Å². The third-order valence-electron chi connectivity index (χ3n) is 3.80. The molecule has 0 fully saturated rings. The highest BCUT2D eigenvalue weighted by molar-refractivity contribution is 5.89. The first kappa shape index (κ1) is 18.6. The van der Waals surface area contributed by atoms with E-state index in [0.717, 1.165) is 11.6 Å². The van der Waals surface area contributed by atoms with Gasteiger partial charge in [-0.2, -0.15) is 0 Å². The SMILES string of the molecule is Cc1nc(NCCNC(=O)Nc2ccc3c(c2)OCCO3)cc(N(C)C)n1. The number of carbonyl (C=O) groups excluding carboxylic acids is 1. The summed E-state index contributed by atoms with van der Waals surface area (Å²) >= 11 is 0. The Morgan fingerprint density at radius 1 is 1.11 bits per heavy atom. The molecule has 1 aromatic heterocycles. The van der Waals surface area contributed by atoms with Gasteiger partial charge in [0.15, 0.2) is 11.5 Å². The maximum Gasteiger partial charge on any atom is 0.319 e. The second-order valence-corrected chi connectivity index (χ2v) is 6.22. The van der Waals surface area contributed by atoms with Crippen molar-refractivity contribution in [2.24, 2.45) is 0 Å². The monoisotopic (exact) mass is 372 g/mol. The molecule has 0 unspecified atom stereocenters. The summed E-state index contributed by atoms with van der Waals surface area (Å²) in [5.41, 5.74) is 0.645. The van der Waals surface area contributed by atoms with E-state index in [9.17, 15) is 4.79 Å². The number of aryl methyl sites for hydroxylation is 1. The van der Waals surface area contributed by atoms with Crippen LogP contribution in [-0.4, -0.2) is 56.4 Å². The number of rotatable bonds is 6. The summed E-state index contributed by atoms with van der Waals surface area (Å²) in [6, 6.07) is 6.88. The quantitative estimate of drug-likeness (QED) is 0.665.